The molecule has 24 heavy (non-hydrogen) atoms. The van der Waals surface area contributed by atoms with E-state index >= 15 is 0 Å². The van der Waals surface area contributed by atoms with Gasteiger partial charge in [0.15, 0.2) is 6.04 Å². The van der Waals surface area contributed by atoms with Crippen molar-refractivity contribution in [3.8, 4) is 0 Å². The van der Waals surface area contributed by atoms with Crippen LogP contribution >= 0.6 is 0 Å². The van der Waals surface area contributed by atoms with Gasteiger partial charge in [-0.25, -0.2) is 4.79 Å². The van der Waals surface area contributed by atoms with Crippen molar-refractivity contribution in [3.63, 3.8) is 0 Å². The summed E-state index contributed by atoms with van der Waals surface area (Å²) in [6, 6.07) is 19.4. The summed E-state index contributed by atoms with van der Waals surface area (Å²) in [6.07, 6.45) is 0. The Balaban J connectivity index is 2.41. The van der Waals surface area contributed by atoms with E-state index in [0.29, 0.717) is 6.61 Å². The van der Waals surface area contributed by atoms with Crippen LogP contribution in [0.25, 0.3) is 0 Å². The Hall–Kier alpha value is -2.33. The molecule has 128 valence electrons. The molecule has 0 aliphatic carbocycles. The lowest BCUT2D eigenvalue weighted by Gasteiger charge is -2.33. The van der Waals surface area contributed by atoms with Crippen LogP contribution in [0.1, 0.15) is 18.5 Å². The number of anilines is 1. The molecular formula is C20H26N2O2. The van der Waals surface area contributed by atoms with E-state index in [1.165, 1.54) is 0 Å². The molecule has 0 saturated heterocycles. The van der Waals surface area contributed by atoms with Crippen LogP contribution in [0.3, 0.4) is 0 Å². The molecule has 1 atom stereocenters. The second kappa shape index (κ2) is 9.08. The van der Waals surface area contributed by atoms with Crippen molar-refractivity contribution in [2.75, 3.05) is 38.7 Å². The molecule has 0 radical (unpaired) electrons. The Labute approximate surface area is 144 Å². The monoisotopic (exact) mass is 326 g/mol. The Morgan fingerprint density at radius 2 is 1.54 bits per heavy atom. The Kier molecular flexibility index (Phi) is 6.82. The van der Waals surface area contributed by atoms with Crippen LogP contribution < -0.4 is 4.90 Å². The topological polar surface area (TPSA) is 32.8 Å². The largest absolute Gasteiger partial charge is 0.464 e. The van der Waals surface area contributed by atoms with Crippen molar-refractivity contribution in [3.05, 3.63) is 66.2 Å². The number of hydrogen-bond donors (Lipinski definition) is 0. The van der Waals surface area contributed by atoms with E-state index in [-0.39, 0.29) is 5.97 Å². The quantitative estimate of drug-likeness (QED) is 0.697. The molecule has 0 aliphatic rings. The highest BCUT2D eigenvalue weighted by molar-refractivity contribution is 5.82. The molecule has 0 aromatic heterocycles. The summed E-state index contributed by atoms with van der Waals surface area (Å²) < 4.78 is 5.37. The van der Waals surface area contributed by atoms with Crippen molar-refractivity contribution < 1.29 is 9.53 Å². The summed E-state index contributed by atoms with van der Waals surface area (Å²) in [6.45, 7) is 3.79. The second-order valence-corrected chi connectivity index (χ2v) is 5.90. The Bertz CT molecular complexity index is 614. The van der Waals surface area contributed by atoms with Gasteiger partial charge in [-0.2, -0.15) is 0 Å². The van der Waals surface area contributed by atoms with Gasteiger partial charge in [0, 0.05) is 18.8 Å². The van der Waals surface area contributed by atoms with Crippen molar-refractivity contribution in [2.24, 2.45) is 0 Å². The molecule has 2 rings (SSSR count). The van der Waals surface area contributed by atoms with Gasteiger partial charge in [-0.05, 0) is 38.7 Å². The fourth-order valence-electron chi connectivity index (χ4n) is 2.63. The van der Waals surface area contributed by atoms with Gasteiger partial charge in [0.2, 0.25) is 0 Å². The lowest BCUT2D eigenvalue weighted by Crippen LogP contribution is -2.39. The first-order valence-corrected chi connectivity index (χ1v) is 8.31. The molecule has 4 heteroatoms. The highest BCUT2D eigenvalue weighted by Gasteiger charge is 2.29. The maximum atomic E-state index is 12.7. The normalized spacial score (nSPS) is 12.0. The van der Waals surface area contributed by atoms with Gasteiger partial charge in [0.05, 0.1) is 6.61 Å². The smallest absolute Gasteiger partial charge is 0.333 e. The van der Waals surface area contributed by atoms with Crippen LogP contribution in [0.4, 0.5) is 5.69 Å². The first kappa shape index (κ1) is 18.0. The lowest BCUT2D eigenvalue weighted by atomic mass is 10.0. The number of ether oxygens (including phenoxy) is 1. The van der Waals surface area contributed by atoms with E-state index in [1.807, 2.05) is 81.7 Å². The van der Waals surface area contributed by atoms with Crippen LogP contribution in [-0.4, -0.2) is 44.7 Å². The minimum Gasteiger partial charge on any atom is -0.464 e. The molecule has 0 saturated carbocycles. The molecule has 0 spiro atoms. The van der Waals surface area contributed by atoms with Gasteiger partial charge in [-0.3, -0.25) is 0 Å². The van der Waals surface area contributed by atoms with Gasteiger partial charge in [-0.1, -0.05) is 48.5 Å². The number of para-hydroxylation sites is 1. The molecule has 0 aliphatic heterocycles. The Morgan fingerprint density at radius 1 is 0.958 bits per heavy atom. The van der Waals surface area contributed by atoms with Crippen molar-refractivity contribution in [1.82, 2.24) is 4.90 Å². The summed E-state index contributed by atoms with van der Waals surface area (Å²) in [5, 5.41) is 0. The van der Waals surface area contributed by atoms with E-state index in [9.17, 15) is 4.79 Å². The number of carbonyl (C=O) groups is 1. The first-order valence-electron chi connectivity index (χ1n) is 8.31. The maximum Gasteiger partial charge on any atom is 0.333 e. The SMILES string of the molecule is CCOC(=O)C(c1ccccc1)N(CCN(C)C)c1ccccc1. The number of likely N-dealkylation sites (N-methyl/N-ethyl adjacent to an activating group) is 1. The van der Waals surface area contributed by atoms with E-state index in [1.54, 1.807) is 0 Å². The van der Waals surface area contributed by atoms with E-state index in [0.717, 1.165) is 24.3 Å². The minimum atomic E-state index is -0.450. The van der Waals surface area contributed by atoms with Gasteiger partial charge >= 0.3 is 5.97 Å². The molecule has 4 nitrogen and oxygen atoms in total. The van der Waals surface area contributed by atoms with Crippen LogP contribution in [0.15, 0.2) is 60.7 Å². The van der Waals surface area contributed by atoms with Gasteiger partial charge < -0.3 is 14.5 Å². The molecule has 0 heterocycles. The lowest BCUT2D eigenvalue weighted by molar-refractivity contribution is -0.145. The molecular weight excluding hydrogens is 300 g/mol. The summed E-state index contributed by atoms with van der Waals surface area (Å²) >= 11 is 0. The van der Waals surface area contributed by atoms with E-state index < -0.39 is 6.04 Å². The predicted molar refractivity (Wildman–Crippen MR) is 98.2 cm³/mol. The zero-order valence-corrected chi connectivity index (χ0v) is 14.7. The first-order chi connectivity index (χ1) is 11.6. The molecule has 2 aromatic rings. The fourth-order valence-corrected chi connectivity index (χ4v) is 2.63. The zero-order valence-electron chi connectivity index (χ0n) is 14.7. The third-order valence-corrected chi connectivity index (χ3v) is 3.81. The highest BCUT2D eigenvalue weighted by Crippen LogP contribution is 2.28. The van der Waals surface area contributed by atoms with Crippen molar-refractivity contribution in [1.29, 1.82) is 0 Å². The molecule has 2 aromatic carbocycles. The van der Waals surface area contributed by atoms with Gasteiger partial charge in [0.1, 0.15) is 0 Å². The number of esters is 1. The van der Waals surface area contributed by atoms with Crippen molar-refractivity contribution >= 4 is 11.7 Å². The maximum absolute atomic E-state index is 12.7. The molecule has 0 N–H and O–H groups in total. The fraction of sp³-hybridized carbons (Fsp3) is 0.350. The number of hydrogen-bond acceptors (Lipinski definition) is 4. The summed E-state index contributed by atoms with van der Waals surface area (Å²) in [5.74, 6) is -0.216. The van der Waals surface area contributed by atoms with Gasteiger partial charge in [0.25, 0.3) is 0 Å². The van der Waals surface area contributed by atoms with Crippen LogP contribution in [0.2, 0.25) is 0 Å². The molecule has 0 fully saturated rings. The Morgan fingerprint density at radius 3 is 2.08 bits per heavy atom. The van der Waals surface area contributed by atoms with Crippen LogP contribution in [0, 0.1) is 0 Å². The zero-order chi connectivity index (χ0) is 17.4. The van der Waals surface area contributed by atoms with E-state index in [4.69, 9.17) is 4.74 Å². The average molecular weight is 326 g/mol. The average Bonchev–Trinajstić information content (AvgIpc) is 2.60. The summed E-state index contributed by atoms with van der Waals surface area (Å²) in [7, 11) is 4.07. The summed E-state index contributed by atoms with van der Waals surface area (Å²) in [4.78, 5) is 17.0. The van der Waals surface area contributed by atoms with Crippen LogP contribution in [0.5, 0.6) is 0 Å². The number of benzene rings is 2. The standard InChI is InChI=1S/C20H26N2O2/c1-4-24-20(23)19(17-11-7-5-8-12-17)22(16-15-21(2)3)18-13-9-6-10-14-18/h5-14,19H,4,15-16H2,1-3H3. The molecule has 1 unspecified atom stereocenters. The minimum absolute atomic E-state index is 0.216. The third kappa shape index (κ3) is 4.83. The van der Waals surface area contributed by atoms with E-state index in [2.05, 4.69) is 9.80 Å². The number of carbonyl (C=O) groups excluding carboxylic acids is 1. The molecule has 0 bridgehead atoms. The van der Waals surface area contributed by atoms with Gasteiger partial charge in [-0.15, -0.1) is 0 Å². The molecule has 0 amide bonds. The summed E-state index contributed by atoms with van der Waals surface area (Å²) in [5.41, 5.74) is 1.96. The number of nitrogens with zero attached hydrogens (tertiary/aromatic N) is 2. The van der Waals surface area contributed by atoms with Crippen LogP contribution in [-0.2, 0) is 9.53 Å². The van der Waals surface area contributed by atoms with Crippen molar-refractivity contribution in [2.45, 2.75) is 13.0 Å². The predicted octanol–water partition coefficient (Wildman–Crippen LogP) is 3.36. The number of rotatable bonds is 8. The second-order valence-electron chi connectivity index (χ2n) is 5.90. The third-order valence-electron chi connectivity index (χ3n) is 3.81. The highest BCUT2D eigenvalue weighted by atomic mass is 16.5.